The molecule has 0 radical (unpaired) electrons. The van der Waals surface area contributed by atoms with Gasteiger partial charge < -0.3 is 5.32 Å². The van der Waals surface area contributed by atoms with Crippen molar-refractivity contribution in [3.63, 3.8) is 0 Å². The monoisotopic (exact) mass is 394 g/mol. The number of halogens is 5. The highest BCUT2D eigenvalue weighted by molar-refractivity contribution is 7.92. The van der Waals surface area contributed by atoms with Gasteiger partial charge in [-0.25, -0.2) is 17.2 Å². The quantitative estimate of drug-likeness (QED) is 0.766. The van der Waals surface area contributed by atoms with E-state index in [9.17, 15) is 35.2 Å². The lowest BCUT2D eigenvalue weighted by molar-refractivity contribution is -0.123. The smallest absolute Gasteiger partial charge is 0.343 e. The summed E-state index contributed by atoms with van der Waals surface area (Å²) in [4.78, 5) is 11.1. The number of sulfonamides is 1. The number of para-hydroxylation sites is 1. The van der Waals surface area contributed by atoms with Crippen LogP contribution in [0.15, 0.2) is 47.4 Å². The molecule has 26 heavy (non-hydrogen) atoms. The molecule has 0 saturated heterocycles. The maximum Gasteiger partial charge on any atom is 0.405 e. The van der Waals surface area contributed by atoms with E-state index in [1.807, 2.05) is 0 Å². The van der Waals surface area contributed by atoms with Crippen LogP contribution in [-0.2, 0) is 10.0 Å². The molecule has 0 aliphatic heterocycles. The molecule has 0 atom stereocenters. The van der Waals surface area contributed by atoms with Crippen LogP contribution in [0.25, 0.3) is 0 Å². The largest absolute Gasteiger partial charge is 0.405 e. The van der Waals surface area contributed by atoms with E-state index in [2.05, 4.69) is 0 Å². The number of alkyl halides is 3. The molecule has 0 aliphatic carbocycles. The lowest BCUT2D eigenvalue weighted by Gasteiger charge is -2.11. The van der Waals surface area contributed by atoms with Gasteiger partial charge >= 0.3 is 6.18 Å². The molecular formula is C15H11F5N2O3S. The first-order valence-electron chi connectivity index (χ1n) is 6.91. The number of nitrogens with one attached hydrogen (secondary N) is 2. The molecule has 5 nitrogen and oxygen atoms in total. The fraction of sp³-hybridized carbons (Fsp3) is 0.133. The highest BCUT2D eigenvalue weighted by Gasteiger charge is 2.28. The Balaban J connectivity index is 2.27. The summed E-state index contributed by atoms with van der Waals surface area (Å²) in [5.74, 6) is -3.48. The SMILES string of the molecule is O=C(NCC(F)(F)F)c1cccc(S(=O)(=O)Nc2c(F)cccc2F)c1. The Bertz CT molecular complexity index is 909. The molecule has 140 valence electrons. The minimum atomic E-state index is -4.64. The first-order chi connectivity index (χ1) is 12.0. The zero-order valence-corrected chi connectivity index (χ0v) is 13.6. The second-order valence-corrected chi connectivity index (χ2v) is 6.71. The average Bonchev–Trinajstić information content (AvgIpc) is 2.55. The standard InChI is InChI=1S/C15H11F5N2O3S/c16-11-5-2-6-12(17)13(11)22-26(24,25)10-4-1-3-9(7-10)14(23)21-8-15(18,19)20/h1-7,22H,8H2,(H,21,23). The van der Waals surface area contributed by atoms with Crippen molar-refractivity contribution in [2.24, 2.45) is 0 Å². The van der Waals surface area contributed by atoms with Crippen molar-refractivity contribution in [3.05, 3.63) is 59.7 Å². The third-order valence-electron chi connectivity index (χ3n) is 3.06. The molecule has 2 aromatic carbocycles. The second kappa shape index (κ2) is 7.28. The van der Waals surface area contributed by atoms with Crippen LogP contribution in [0, 0.1) is 11.6 Å². The molecule has 0 spiro atoms. The van der Waals surface area contributed by atoms with Crippen molar-refractivity contribution in [3.8, 4) is 0 Å². The highest BCUT2D eigenvalue weighted by Crippen LogP contribution is 2.23. The third kappa shape index (κ3) is 4.91. The summed E-state index contributed by atoms with van der Waals surface area (Å²) in [6.45, 7) is -1.60. The number of amides is 1. The normalized spacial score (nSPS) is 11.9. The fourth-order valence-electron chi connectivity index (χ4n) is 1.88. The Labute approximate surface area is 144 Å². The second-order valence-electron chi connectivity index (χ2n) is 5.03. The van der Waals surface area contributed by atoms with E-state index in [4.69, 9.17) is 0 Å². The van der Waals surface area contributed by atoms with Gasteiger partial charge in [-0.2, -0.15) is 13.2 Å². The highest BCUT2D eigenvalue weighted by atomic mass is 32.2. The van der Waals surface area contributed by atoms with Crippen LogP contribution in [0.4, 0.5) is 27.6 Å². The number of rotatable bonds is 5. The third-order valence-corrected chi connectivity index (χ3v) is 4.40. The van der Waals surface area contributed by atoms with Crippen LogP contribution >= 0.6 is 0 Å². The van der Waals surface area contributed by atoms with Gasteiger partial charge in [0.1, 0.15) is 23.9 Å². The van der Waals surface area contributed by atoms with Crippen LogP contribution in [0.5, 0.6) is 0 Å². The summed E-state index contributed by atoms with van der Waals surface area (Å²) in [6.07, 6.45) is -4.64. The Morgan fingerprint density at radius 2 is 1.58 bits per heavy atom. The van der Waals surface area contributed by atoms with E-state index in [1.54, 1.807) is 10.0 Å². The van der Waals surface area contributed by atoms with Gasteiger partial charge in [0.2, 0.25) is 0 Å². The molecule has 11 heteroatoms. The molecule has 2 rings (SSSR count). The van der Waals surface area contributed by atoms with E-state index in [0.717, 1.165) is 42.5 Å². The summed E-state index contributed by atoms with van der Waals surface area (Å²) in [6, 6.07) is 6.70. The van der Waals surface area contributed by atoms with Gasteiger partial charge in [-0.3, -0.25) is 9.52 Å². The lowest BCUT2D eigenvalue weighted by atomic mass is 10.2. The van der Waals surface area contributed by atoms with Gasteiger partial charge in [0, 0.05) is 5.56 Å². The fourth-order valence-corrected chi connectivity index (χ4v) is 3.00. The van der Waals surface area contributed by atoms with Crippen molar-refractivity contribution in [1.82, 2.24) is 5.32 Å². The first kappa shape index (κ1) is 19.6. The summed E-state index contributed by atoms with van der Waals surface area (Å²) >= 11 is 0. The molecular weight excluding hydrogens is 383 g/mol. The van der Waals surface area contributed by atoms with Crippen LogP contribution in [0.3, 0.4) is 0 Å². The number of benzene rings is 2. The summed E-state index contributed by atoms with van der Waals surface area (Å²) in [5.41, 5.74) is -1.29. The Hall–Kier alpha value is -2.69. The van der Waals surface area contributed by atoms with Crippen molar-refractivity contribution in [2.45, 2.75) is 11.1 Å². The Morgan fingerprint density at radius 3 is 2.15 bits per heavy atom. The van der Waals surface area contributed by atoms with Gasteiger partial charge in [0.05, 0.1) is 4.90 Å². The molecule has 0 aliphatic rings. The van der Waals surface area contributed by atoms with Crippen molar-refractivity contribution in [1.29, 1.82) is 0 Å². The van der Waals surface area contributed by atoms with Crippen LogP contribution < -0.4 is 10.0 Å². The zero-order chi connectivity index (χ0) is 19.5. The molecule has 0 unspecified atom stereocenters. The number of hydrogen-bond donors (Lipinski definition) is 2. The van der Waals surface area contributed by atoms with Crippen LogP contribution in [0.1, 0.15) is 10.4 Å². The summed E-state index contributed by atoms with van der Waals surface area (Å²) < 4.78 is 89.7. The zero-order valence-electron chi connectivity index (χ0n) is 12.8. The number of anilines is 1. The van der Waals surface area contributed by atoms with Gasteiger partial charge in [0.15, 0.2) is 0 Å². The average molecular weight is 394 g/mol. The van der Waals surface area contributed by atoms with E-state index in [1.165, 1.54) is 0 Å². The van der Waals surface area contributed by atoms with Crippen molar-refractivity contribution < 1.29 is 35.2 Å². The van der Waals surface area contributed by atoms with Gasteiger partial charge in [0.25, 0.3) is 15.9 Å². The van der Waals surface area contributed by atoms with Crippen molar-refractivity contribution in [2.75, 3.05) is 11.3 Å². The minimum Gasteiger partial charge on any atom is -0.343 e. The molecule has 0 aromatic heterocycles. The Morgan fingerprint density at radius 1 is 1.00 bits per heavy atom. The maximum absolute atomic E-state index is 13.6. The molecule has 1 amide bonds. The molecule has 0 saturated carbocycles. The van der Waals surface area contributed by atoms with E-state index in [0.29, 0.717) is 0 Å². The number of hydrogen-bond acceptors (Lipinski definition) is 3. The number of carbonyl (C=O) groups excluding carboxylic acids is 1. The van der Waals surface area contributed by atoms with E-state index in [-0.39, 0.29) is 5.56 Å². The predicted molar refractivity (Wildman–Crippen MR) is 82.0 cm³/mol. The van der Waals surface area contributed by atoms with Crippen molar-refractivity contribution >= 4 is 21.6 Å². The molecule has 0 bridgehead atoms. The predicted octanol–water partition coefficient (Wildman–Crippen LogP) is 3.06. The molecule has 2 aromatic rings. The summed E-state index contributed by atoms with van der Waals surface area (Å²) in [7, 11) is -4.49. The Kier molecular flexibility index (Phi) is 5.50. The van der Waals surface area contributed by atoms with E-state index >= 15 is 0 Å². The maximum atomic E-state index is 13.6. The topological polar surface area (TPSA) is 75.3 Å². The number of carbonyl (C=O) groups is 1. The molecule has 2 N–H and O–H groups in total. The molecule has 0 fully saturated rings. The van der Waals surface area contributed by atoms with E-state index < -0.39 is 50.9 Å². The molecule has 0 heterocycles. The van der Waals surface area contributed by atoms with Crippen LogP contribution in [-0.4, -0.2) is 27.0 Å². The lowest BCUT2D eigenvalue weighted by Crippen LogP contribution is -2.33. The van der Waals surface area contributed by atoms with Crippen LogP contribution in [0.2, 0.25) is 0 Å². The van der Waals surface area contributed by atoms with Gasteiger partial charge in [-0.1, -0.05) is 12.1 Å². The van der Waals surface area contributed by atoms with Gasteiger partial charge in [-0.15, -0.1) is 0 Å². The van der Waals surface area contributed by atoms with Gasteiger partial charge in [-0.05, 0) is 30.3 Å². The summed E-state index contributed by atoms with van der Waals surface area (Å²) in [5, 5.41) is 1.59. The minimum absolute atomic E-state index is 0.369. The first-order valence-corrected chi connectivity index (χ1v) is 8.40.